The van der Waals surface area contributed by atoms with Crippen LogP contribution in [0.5, 0.6) is 11.5 Å². The highest BCUT2D eigenvalue weighted by Gasteiger charge is 2.23. The van der Waals surface area contributed by atoms with Gasteiger partial charge in [-0.15, -0.1) is 6.58 Å². The monoisotopic (exact) mass is 426 g/mol. The fraction of sp³-hybridized carbons (Fsp3) is 0.208. The van der Waals surface area contributed by atoms with Gasteiger partial charge in [-0.1, -0.05) is 48.0 Å². The van der Waals surface area contributed by atoms with E-state index in [0.29, 0.717) is 30.8 Å². The van der Waals surface area contributed by atoms with E-state index in [1.165, 1.54) is 6.20 Å². The highest BCUT2D eigenvalue weighted by molar-refractivity contribution is 6.31. The first-order valence-corrected chi connectivity index (χ1v) is 10.0. The molecule has 3 rings (SSSR count). The average molecular weight is 427 g/mol. The fourth-order valence-corrected chi connectivity index (χ4v) is 3.37. The van der Waals surface area contributed by atoms with Gasteiger partial charge in [0.2, 0.25) is 5.95 Å². The van der Waals surface area contributed by atoms with Crippen LogP contribution in [0.3, 0.4) is 0 Å². The Balaban J connectivity index is 1.91. The third kappa shape index (κ3) is 5.51. The molecule has 6 heteroatoms. The van der Waals surface area contributed by atoms with Gasteiger partial charge >= 0.3 is 0 Å². The number of benzene rings is 2. The summed E-state index contributed by atoms with van der Waals surface area (Å²) in [5.41, 5.74) is 2.39. The van der Waals surface area contributed by atoms with Crippen molar-refractivity contribution in [3.63, 3.8) is 0 Å². The zero-order chi connectivity index (χ0) is 21.3. The Bertz CT molecular complexity index is 965. The van der Waals surface area contributed by atoms with Crippen molar-refractivity contribution in [2.24, 2.45) is 0 Å². The summed E-state index contributed by atoms with van der Waals surface area (Å²) in [7, 11) is 1.62. The molecule has 156 valence electrons. The van der Waals surface area contributed by atoms with Gasteiger partial charge in [0.1, 0.15) is 23.1 Å². The van der Waals surface area contributed by atoms with Crippen LogP contribution in [0.25, 0.3) is 0 Å². The molecule has 0 radical (unpaired) electrons. The molecule has 0 fully saturated rings. The van der Waals surface area contributed by atoms with Gasteiger partial charge in [-0.05, 0) is 42.7 Å². The van der Waals surface area contributed by atoms with Crippen molar-refractivity contribution in [1.29, 1.82) is 0 Å². The second-order valence-electron chi connectivity index (χ2n) is 6.71. The van der Waals surface area contributed by atoms with Crippen molar-refractivity contribution in [3.05, 3.63) is 95.5 Å². The molecule has 3 aromatic rings. The number of hydrogen-bond donors (Lipinski definition) is 1. The predicted octanol–water partition coefficient (Wildman–Crippen LogP) is 6.58. The molecule has 0 aliphatic rings. The standard InChI is InChI=1S/C24H24ClFN2O2/c1-3-4-10-20(28-18-11-13-19(29-2)14-12-18)22-21(15-27-24(26)23(22)25)30-16-17-8-6-5-7-9-17/h3,5-9,11-15,20,28H,1,4,10,16H2,2H3. The topological polar surface area (TPSA) is 43.4 Å². The van der Waals surface area contributed by atoms with E-state index in [-0.39, 0.29) is 11.1 Å². The second-order valence-corrected chi connectivity index (χ2v) is 7.08. The quantitative estimate of drug-likeness (QED) is 0.293. The molecule has 1 N–H and O–H groups in total. The number of ether oxygens (including phenoxy) is 2. The summed E-state index contributed by atoms with van der Waals surface area (Å²) in [6.07, 6.45) is 4.57. The lowest BCUT2D eigenvalue weighted by Crippen LogP contribution is -2.14. The number of aromatic nitrogens is 1. The maximum Gasteiger partial charge on any atom is 0.232 e. The molecule has 2 aromatic carbocycles. The molecule has 0 saturated carbocycles. The number of anilines is 1. The minimum atomic E-state index is -0.723. The van der Waals surface area contributed by atoms with E-state index in [1.807, 2.05) is 60.7 Å². The van der Waals surface area contributed by atoms with Gasteiger partial charge in [0.25, 0.3) is 0 Å². The lowest BCUT2D eigenvalue weighted by molar-refractivity contribution is 0.298. The summed E-state index contributed by atoms with van der Waals surface area (Å²) in [5.74, 6) is 0.474. The van der Waals surface area contributed by atoms with Crippen LogP contribution in [0, 0.1) is 5.95 Å². The SMILES string of the molecule is C=CCCC(Nc1ccc(OC)cc1)c1c(OCc2ccccc2)cnc(F)c1Cl. The Labute approximate surface area is 181 Å². The van der Waals surface area contributed by atoms with Crippen LogP contribution in [-0.4, -0.2) is 12.1 Å². The molecule has 4 nitrogen and oxygen atoms in total. The van der Waals surface area contributed by atoms with Gasteiger partial charge < -0.3 is 14.8 Å². The lowest BCUT2D eigenvalue weighted by Gasteiger charge is -2.24. The van der Waals surface area contributed by atoms with Gasteiger partial charge in [0.15, 0.2) is 0 Å². The molecule has 0 saturated heterocycles. The van der Waals surface area contributed by atoms with Crippen LogP contribution in [0.15, 0.2) is 73.4 Å². The zero-order valence-corrected chi connectivity index (χ0v) is 17.5. The van der Waals surface area contributed by atoms with Crippen molar-refractivity contribution in [2.75, 3.05) is 12.4 Å². The van der Waals surface area contributed by atoms with Crippen LogP contribution >= 0.6 is 11.6 Å². The Morgan fingerprint density at radius 1 is 1.17 bits per heavy atom. The zero-order valence-electron chi connectivity index (χ0n) is 16.8. The molecular weight excluding hydrogens is 403 g/mol. The second kappa shape index (κ2) is 10.6. The van der Waals surface area contributed by atoms with Crippen LogP contribution < -0.4 is 14.8 Å². The third-order valence-electron chi connectivity index (χ3n) is 4.65. The maximum absolute atomic E-state index is 14.3. The summed E-state index contributed by atoms with van der Waals surface area (Å²) >= 11 is 6.36. The van der Waals surface area contributed by atoms with E-state index in [0.717, 1.165) is 17.0 Å². The molecule has 0 amide bonds. The molecule has 0 bridgehead atoms. The number of hydrogen-bond acceptors (Lipinski definition) is 4. The first kappa shape index (κ1) is 21.7. The average Bonchev–Trinajstić information content (AvgIpc) is 2.79. The Kier molecular flexibility index (Phi) is 7.69. The van der Waals surface area contributed by atoms with E-state index in [1.54, 1.807) is 7.11 Å². The Morgan fingerprint density at radius 2 is 1.90 bits per heavy atom. The largest absolute Gasteiger partial charge is 0.497 e. The van der Waals surface area contributed by atoms with E-state index in [9.17, 15) is 4.39 Å². The molecule has 0 aliphatic heterocycles. The number of pyridine rings is 1. The van der Waals surface area contributed by atoms with Crippen molar-refractivity contribution in [2.45, 2.75) is 25.5 Å². The molecule has 1 aromatic heterocycles. The number of halogens is 2. The third-order valence-corrected chi connectivity index (χ3v) is 5.01. The number of nitrogens with one attached hydrogen (secondary N) is 1. The predicted molar refractivity (Wildman–Crippen MR) is 119 cm³/mol. The minimum absolute atomic E-state index is 0.0457. The number of allylic oxidation sites excluding steroid dienone is 1. The van der Waals surface area contributed by atoms with Crippen molar-refractivity contribution in [1.82, 2.24) is 4.98 Å². The van der Waals surface area contributed by atoms with Crippen molar-refractivity contribution < 1.29 is 13.9 Å². The molecule has 0 aliphatic carbocycles. The van der Waals surface area contributed by atoms with Gasteiger partial charge in [-0.25, -0.2) is 4.98 Å². The normalized spacial score (nSPS) is 11.6. The van der Waals surface area contributed by atoms with Crippen molar-refractivity contribution in [3.8, 4) is 11.5 Å². The van der Waals surface area contributed by atoms with Gasteiger partial charge in [-0.2, -0.15) is 4.39 Å². The molecule has 30 heavy (non-hydrogen) atoms. The van der Waals surface area contributed by atoms with Crippen LogP contribution in [-0.2, 0) is 6.61 Å². The Hall–Kier alpha value is -3.05. The first-order chi connectivity index (χ1) is 14.6. The van der Waals surface area contributed by atoms with E-state index in [4.69, 9.17) is 21.1 Å². The number of nitrogens with zero attached hydrogens (tertiary/aromatic N) is 1. The minimum Gasteiger partial charge on any atom is -0.497 e. The molecule has 0 spiro atoms. The van der Waals surface area contributed by atoms with Crippen LogP contribution in [0.2, 0.25) is 5.02 Å². The summed E-state index contributed by atoms with van der Waals surface area (Å²) < 4.78 is 25.5. The van der Waals surface area contributed by atoms with E-state index >= 15 is 0 Å². The van der Waals surface area contributed by atoms with Gasteiger partial charge in [0, 0.05) is 11.3 Å². The van der Waals surface area contributed by atoms with E-state index < -0.39 is 5.95 Å². The fourth-order valence-electron chi connectivity index (χ4n) is 3.10. The van der Waals surface area contributed by atoms with Gasteiger partial charge in [-0.3, -0.25) is 0 Å². The summed E-state index contributed by atoms with van der Waals surface area (Å²) in [5, 5.41) is 3.38. The van der Waals surface area contributed by atoms with Crippen molar-refractivity contribution >= 4 is 17.3 Å². The number of methoxy groups -OCH3 is 1. The Morgan fingerprint density at radius 3 is 2.57 bits per heavy atom. The van der Waals surface area contributed by atoms with Gasteiger partial charge in [0.05, 0.1) is 19.3 Å². The summed E-state index contributed by atoms with van der Waals surface area (Å²) in [6, 6.07) is 16.9. The highest BCUT2D eigenvalue weighted by atomic mass is 35.5. The van der Waals surface area contributed by atoms with Crippen LogP contribution in [0.1, 0.15) is 30.0 Å². The maximum atomic E-state index is 14.3. The number of rotatable bonds is 10. The summed E-state index contributed by atoms with van der Waals surface area (Å²) in [4.78, 5) is 3.76. The molecule has 1 unspecified atom stereocenters. The molecule has 1 atom stereocenters. The van der Waals surface area contributed by atoms with Crippen LogP contribution in [0.4, 0.5) is 10.1 Å². The molecule has 1 heterocycles. The smallest absolute Gasteiger partial charge is 0.232 e. The highest BCUT2D eigenvalue weighted by Crippen LogP contribution is 2.38. The lowest BCUT2D eigenvalue weighted by atomic mass is 10.0. The first-order valence-electron chi connectivity index (χ1n) is 9.64. The molecular formula is C24H24ClFN2O2. The summed E-state index contributed by atoms with van der Waals surface area (Å²) in [6.45, 7) is 4.13. The van der Waals surface area contributed by atoms with E-state index in [2.05, 4.69) is 16.9 Å².